The molecule has 0 radical (unpaired) electrons. The molecule has 188 valence electrons. The van der Waals surface area contributed by atoms with Gasteiger partial charge in [-0.1, -0.05) is 6.07 Å². The number of likely N-dealkylation sites (tertiary alicyclic amines) is 1. The first-order valence-electron chi connectivity index (χ1n) is 13.1. The maximum absolute atomic E-state index is 12.8. The van der Waals surface area contributed by atoms with Crippen LogP contribution in [0.15, 0.2) is 48.7 Å². The van der Waals surface area contributed by atoms with Crippen LogP contribution in [-0.4, -0.2) is 49.8 Å². The lowest BCUT2D eigenvalue weighted by Crippen LogP contribution is -2.74. The van der Waals surface area contributed by atoms with Crippen LogP contribution in [0.4, 0.5) is 5.69 Å². The van der Waals surface area contributed by atoms with Crippen LogP contribution in [0.2, 0.25) is 0 Å². The van der Waals surface area contributed by atoms with Gasteiger partial charge in [-0.2, -0.15) is 0 Å². The molecular weight excluding hydrogens is 470 g/mol. The zero-order valence-corrected chi connectivity index (χ0v) is 20.3. The largest absolute Gasteiger partial charge is 0.504 e. The third-order valence-electron chi connectivity index (χ3n) is 9.63. The van der Waals surface area contributed by atoms with Crippen LogP contribution in [0.3, 0.4) is 0 Å². The van der Waals surface area contributed by atoms with Gasteiger partial charge in [0.25, 0.3) is 5.69 Å². The Labute approximate surface area is 213 Å². The first kappa shape index (κ1) is 21.6. The molecule has 3 aromatic rings. The molecule has 37 heavy (non-hydrogen) atoms. The van der Waals surface area contributed by atoms with Crippen LogP contribution >= 0.6 is 0 Å². The van der Waals surface area contributed by atoms with E-state index in [1.807, 2.05) is 6.07 Å². The van der Waals surface area contributed by atoms with Crippen molar-refractivity contribution in [3.8, 4) is 22.6 Å². The number of non-ortho nitro benzene ring substituents is 1. The van der Waals surface area contributed by atoms with Crippen molar-refractivity contribution in [3.05, 3.63) is 81.2 Å². The standard InChI is InChI=1S/C29H27N3O5/c33-22-8-5-18-12-23-29(34)13-19-11-20(17-3-6-21(7-4-17)32(35)36)14-30-25(19)27-28(29,24(18)26(22)37-27)9-10-31(23)15-16-1-2-16/h3-8,11,14,16,23,27,33-34H,1-2,9-10,12-13,15H2/t23-,27+,28+,29-/m1/s1. The molecule has 3 heterocycles. The number of nitrogens with zero attached hydrogens (tertiary/aromatic N) is 3. The number of hydrogen-bond acceptors (Lipinski definition) is 7. The summed E-state index contributed by atoms with van der Waals surface area (Å²) in [6.07, 6.45) is 5.78. The number of aromatic nitrogens is 1. The van der Waals surface area contributed by atoms with Gasteiger partial charge < -0.3 is 14.9 Å². The molecule has 8 rings (SSSR count). The number of benzene rings is 2. The zero-order chi connectivity index (χ0) is 25.1. The maximum atomic E-state index is 12.8. The molecule has 2 N–H and O–H groups in total. The van der Waals surface area contributed by atoms with Gasteiger partial charge in [0.05, 0.1) is 21.6 Å². The summed E-state index contributed by atoms with van der Waals surface area (Å²) in [4.78, 5) is 18.1. The summed E-state index contributed by atoms with van der Waals surface area (Å²) < 4.78 is 6.55. The molecule has 2 bridgehead atoms. The number of ether oxygens (including phenoxy) is 1. The number of nitro benzene ring substituents is 1. The van der Waals surface area contributed by atoms with Crippen molar-refractivity contribution in [3.63, 3.8) is 0 Å². The zero-order valence-electron chi connectivity index (χ0n) is 20.3. The minimum atomic E-state index is -1.06. The third-order valence-corrected chi connectivity index (χ3v) is 9.63. The van der Waals surface area contributed by atoms with Crippen LogP contribution in [0.25, 0.3) is 11.1 Å². The second-order valence-electron chi connectivity index (χ2n) is 11.5. The lowest BCUT2D eigenvalue weighted by molar-refractivity contribution is -0.384. The highest BCUT2D eigenvalue weighted by Crippen LogP contribution is 2.68. The second-order valence-corrected chi connectivity index (χ2v) is 11.5. The Kier molecular flexibility index (Phi) is 4.13. The van der Waals surface area contributed by atoms with Gasteiger partial charge in [-0.3, -0.25) is 20.0 Å². The molecule has 8 heteroatoms. The Morgan fingerprint density at radius 2 is 1.95 bits per heavy atom. The molecule has 5 aliphatic rings. The summed E-state index contributed by atoms with van der Waals surface area (Å²) in [5.74, 6) is 1.34. The van der Waals surface area contributed by atoms with E-state index in [1.165, 1.54) is 25.0 Å². The maximum Gasteiger partial charge on any atom is 0.269 e. The summed E-state index contributed by atoms with van der Waals surface area (Å²) in [5.41, 5.74) is 3.93. The number of rotatable bonds is 4. The average Bonchev–Trinajstić information content (AvgIpc) is 3.63. The lowest BCUT2D eigenvalue weighted by atomic mass is 9.49. The number of nitro groups is 1. The van der Waals surface area contributed by atoms with E-state index in [-0.39, 0.29) is 17.5 Å². The molecule has 0 amide bonds. The number of aliphatic hydroxyl groups is 1. The van der Waals surface area contributed by atoms with Gasteiger partial charge in [0.1, 0.15) is 0 Å². The first-order valence-corrected chi connectivity index (χ1v) is 13.1. The van der Waals surface area contributed by atoms with Crippen LogP contribution < -0.4 is 4.74 Å². The predicted octanol–water partition coefficient (Wildman–Crippen LogP) is 4.06. The Morgan fingerprint density at radius 1 is 1.14 bits per heavy atom. The third kappa shape index (κ3) is 2.72. The second kappa shape index (κ2) is 7.08. The number of piperidine rings is 1. The van der Waals surface area contributed by atoms with E-state index in [0.29, 0.717) is 12.2 Å². The van der Waals surface area contributed by atoms with E-state index in [0.717, 1.165) is 65.4 Å². The van der Waals surface area contributed by atoms with Crippen molar-refractivity contribution in [2.24, 2.45) is 5.92 Å². The Morgan fingerprint density at radius 3 is 2.70 bits per heavy atom. The average molecular weight is 498 g/mol. The van der Waals surface area contributed by atoms with Crippen molar-refractivity contribution >= 4 is 5.69 Å². The molecule has 4 atom stereocenters. The van der Waals surface area contributed by atoms with Gasteiger partial charge in [-0.05, 0) is 79.1 Å². The molecule has 0 unspecified atom stereocenters. The van der Waals surface area contributed by atoms with Crippen LogP contribution in [-0.2, 0) is 18.3 Å². The van der Waals surface area contributed by atoms with Crippen LogP contribution in [0.5, 0.6) is 11.5 Å². The lowest BCUT2D eigenvalue weighted by Gasteiger charge is -2.63. The molecule has 3 aliphatic carbocycles. The summed E-state index contributed by atoms with van der Waals surface area (Å²) in [6, 6.07) is 12.2. The number of phenolic OH excluding ortho intramolecular Hbond substituents is 1. The predicted molar refractivity (Wildman–Crippen MR) is 135 cm³/mol. The smallest absolute Gasteiger partial charge is 0.269 e. The monoisotopic (exact) mass is 497 g/mol. The number of hydrogen-bond donors (Lipinski definition) is 2. The molecule has 2 fully saturated rings. The minimum absolute atomic E-state index is 0.0351. The highest BCUT2D eigenvalue weighted by atomic mass is 16.6. The Bertz CT molecular complexity index is 1490. The van der Waals surface area contributed by atoms with E-state index < -0.39 is 22.0 Å². The van der Waals surface area contributed by atoms with Crippen molar-refractivity contribution in [2.45, 2.75) is 55.3 Å². The molecular formula is C29H27N3O5. The van der Waals surface area contributed by atoms with Crippen LogP contribution in [0.1, 0.15) is 47.8 Å². The molecule has 1 saturated carbocycles. The van der Waals surface area contributed by atoms with Crippen molar-refractivity contribution in [1.82, 2.24) is 9.88 Å². The Balaban J connectivity index is 1.29. The molecule has 1 saturated heterocycles. The summed E-state index contributed by atoms with van der Waals surface area (Å²) in [5, 5.41) is 34.7. The van der Waals surface area contributed by atoms with E-state index in [2.05, 4.69) is 11.0 Å². The molecule has 1 aromatic heterocycles. The summed E-state index contributed by atoms with van der Waals surface area (Å²) >= 11 is 0. The fourth-order valence-corrected chi connectivity index (χ4v) is 7.78. The number of fused-ring (bicyclic) bond motifs is 2. The minimum Gasteiger partial charge on any atom is -0.504 e. The van der Waals surface area contributed by atoms with Gasteiger partial charge >= 0.3 is 0 Å². The molecule has 1 spiro atoms. The summed E-state index contributed by atoms with van der Waals surface area (Å²) in [7, 11) is 0. The first-order chi connectivity index (χ1) is 17.9. The highest BCUT2D eigenvalue weighted by molar-refractivity contribution is 5.68. The van der Waals surface area contributed by atoms with Crippen molar-refractivity contribution in [2.75, 3.05) is 13.1 Å². The normalized spacial score (nSPS) is 30.8. The van der Waals surface area contributed by atoms with Gasteiger partial charge in [-0.25, -0.2) is 0 Å². The number of phenols is 1. The van der Waals surface area contributed by atoms with Gasteiger partial charge in [0.2, 0.25) is 0 Å². The molecule has 8 nitrogen and oxygen atoms in total. The molecule has 2 aromatic carbocycles. The van der Waals surface area contributed by atoms with E-state index in [4.69, 9.17) is 9.72 Å². The summed E-state index contributed by atoms with van der Waals surface area (Å²) in [6.45, 7) is 1.91. The fourth-order valence-electron chi connectivity index (χ4n) is 7.78. The van der Waals surface area contributed by atoms with E-state index in [9.17, 15) is 20.3 Å². The van der Waals surface area contributed by atoms with Gasteiger partial charge in [0, 0.05) is 48.5 Å². The SMILES string of the molecule is O=[N+]([O-])c1ccc(-c2cnc3c(c2)C[C@@]2(O)[C@H]4Cc5ccc(O)c6c5[C@@]2(CCN4CC2CC2)[C@H]3O6)cc1. The number of pyridine rings is 1. The quantitative estimate of drug-likeness (QED) is 0.413. The van der Waals surface area contributed by atoms with Crippen LogP contribution in [0, 0.1) is 16.0 Å². The van der Waals surface area contributed by atoms with Gasteiger partial charge in [-0.15, -0.1) is 0 Å². The van der Waals surface area contributed by atoms with Crippen molar-refractivity contribution in [1.29, 1.82) is 0 Å². The number of aromatic hydroxyl groups is 1. The van der Waals surface area contributed by atoms with E-state index >= 15 is 0 Å². The topological polar surface area (TPSA) is 109 Å². The Hall–Kier alpha value is -3.49. The molecule has 2 aliphatic heterocycles. The highest BCUT2D eigenvalue weighted by Gasteiger charge is 2.72. The van der Waals surface area contributed by atoms with Gasteiger partial charge in [0.15, 0.2) is 17.6 Å². The fraction of sp³-hybridized carbons (Fsp3) is 0.414. The van der Waals surface area contributed by atoms with Crippen molar-refractivity contribution < 1.29 is 19.9 Å². The van der Waals surface area contributed by atoms with E-state index in [1.54, 1.807) is 24.4 Å².